The number of nitrogens with one attached hydrogen (secondary N) is 1. The van der Waals surface area contributed by atoms with Gasteiger partial charge in [-0.2, -0.15) is 0 Å². The Hall–Kier alpha value is -3.79. The van der Waals surface area contributed by atoms with Crippen molar-refractivity contribution >= 4 is 27.5 Å². The lowest BCUT2D eigenvalue weighted by Gasteiger charge is -2.33. The average Bonchev–Trinajstić information content (AvgIpc) is 2.86. The van der Waals surface area contributed by atoms with Crippen molar-refractivity contribution in [2.75, 3.05) is 10.8 Å². The van der Waals surface area contributed by atoms with E-state index in [4.69, 9.17) is 0 Å². The Kier molecular flexibility index (Phi) is 9.11. The van der Waals surface area contributed by atoms with Crippen molar-refractivity contribution in [3.8, 4) is 0 Å². The van der Waals surface area contributed by atoms with E-state index < -0.39 is 51.6 Å². The Morgan fingerprint density at radius 2 is 1.38 bits per heavy atom. The molecule has 1 N–H and O–H groups in total. The number of halogens is 2. The lowest BCUT2D eigenvalue weighted by molar-refractivity contribution is -0.140. The maximum Gasteiger partial charge on any atom is 0.264 e. The van der Waals surface area contributed by atoms with Crippen LogP contribution in [0.1, 0.15) is 38.8 Å². The van der Waals surface area contributed by atoms with Gasteiger partial charge in [-0.15, -0.1) is 0 Å². The number of amides is 2. The predicted octanol–water partition coefficient (Wildman–Crippen LogP) is 4.80. The van der Waals surface area contributed by atoms with E-state index >= 15 is 0 Å². The zero-order valence-corrected chi connectivity index (χ0v) is 23.4. The highest BCUT2D eigenvalue weighted by Crippen LogP contribution is 2.25. The summed E-state index contributed by atoms with van der Waals surface area (Å²) in [5.41, 5.74) is 1.10. The molecular weight excluding hydrogens is 524 g/mol. The molecule has 0 aliphatic heterocycles. The maximum absolute atomic E-state index is 13.8. The first-order chi connectivity index (χ1) is 18.2. The van der Waals surface area contributed by atoms with Crippen molar-refractivity contribution in [1.29, 1.82) is 0 Å². The van der Waals surface area contributed by atoms with Gasteiger partial charge in [-0.25, -0.2) is 17.2 Å². The zero-order chi connectivity index (χ0) is 29.0. The smallest absolute Gasteiger partial charge is 0.264 e. The van der Waals surface area contributed by atoms with E-state index in [0.717, 1.165) is 34.1 Å². The van der Waals surface area contributed by atoms with E-state index in [2.05, 4.69) is 5.32 Å². The van der Waals surface area contributed by atoms with E-state index in [0.29, 0.717) is 5.56 Å². The lowest BCUT2D eigenvalue weighted by atomic mass is 10.1. The van der Waals surface area contributed by atoms with E-state index in [9.17, 15) is 26.8 Å². The molecule has 0 aliphatic rings. The van der Waals surface area contributed by atoms with Gasteiger partial charge in [0, 0.05) is 12.1 Å². The quantitative estimate of drug-likeness (QED) is 0.410. The lowest BCUT2D eigenvalue weighted by Crippen LogP contribution is -2.54. The minimum absolute atomic E-state index is 0.0593. The van der Waals surface area contributed by atoms with Crippen molar-refractivity contribution in [3.05, 3.63) is 95.6 Å². The fourth-order valence-electron chi connectivity index (χ4n) is 3.82. The SMILES string of the molecule is Cc1ccc(N(CC(=O)N(Cc2ccc(F)cc2)C(C)C(=O)NC(C)(C)C)S(=O)(=O)c2ccc(F)cc2)cc1. The number of aryl methyl sites for hydroxylation is 1. The molecule has 0 saturated carbocycles. The van der Waals surface area contributed by atoms with Crippen LogP contribution in [0.25, 0.3) is 0 Å². The maximum atomic E-state index is 13.8. The molecule has 3 aromatic rings. The predicted molar refractivity (Wildman–Crippen MR) is 146 cm³/mol. The highest BCUT2D eigenvalue weighted by molar-refractivity contribution is 7.92. The monoisotopic (exact) mass is 557 g/mol. The number of hydrogen-bond donors (Lipinski definition) is 1. The fraction of sp³-hybridized carbons (Fsp3) is 0.310. The Bertz CT molecular complexity index is 1400. The molecule has 0 spiro atoms. The van der Waals surface area contributed by atoms with Crippen LogP contribution in [0.3, 0.4) is 0 Å². The molecule has 7 nitrogen and oxygen atoms in total. The number of carbonyl (C=O) groups excluding carboxylic acids is 2. The summed E-state index contributed by atoms with van der Waals surface area (Å²) in [7, 11) is -4.30. The largest absolute Gasteiger partial charge is 0.350 e. The fourth-order valence-corrected chi connectivity index (χ4v) is 5.23. The topological polar surface area (TPSA) is 86.8 Å². The van der Waals surface area contributed by atoms with Crippen LogP contribution in [0.5, 0.6) is 0 Å². The average molecular weight is 558 g/mol. The van der Waals surface area contributed by atoms with Crippen LogP contribution in [0.15, 0.2) is 77.7 Å². The van der Waals surface area contributed by atoms with Crippen LogP contribution >= 0.6 is 0 Å². The number of rotatable bonds is 9. The molecular formula is C29H33F2N3O4S. The van der Waals surface area contributed by atoms with Crippen LogP contribution in [0.2, 0.25) is 0 Å². The van der Waals surface area contributed by atoms with Gasteiger partial charge in [0.2, 0.25) is 11.8 Å². The van der Waals surface area contributed by atoms with Gasteiger partial charge in [0.05, 0.1) is 10.6 Å². The molecule has 10 heteroatoms. The molecule has 3 rings (SSSR count). The van der Waals surface area contributed by atoms with Gasteiger partial charge < -0.3 is 10.2 Å². The van der Waals surface area contributed by atoms with Gasteiger partial charge in [0.25, 0.3) is 10.0 Å². The first-order valence-corrected chi connectivity index (χ1v) is 13.8. The van der Waals surface area contributed by atoms with Crippen LogP contribution in [0.4, 0.5) is 14.5 Å². The van der Waals surface area contributed by atoms with Gasteiger partial charge in [-0.3, -0.25) is 13.9 Å². The van der Waals surface area contributed by atoms with E-state index in [1.54, 1.807) is 52.0 Å². The van der Waals surface area contributed by atoms with Gasteiger partial charge in [-0.1, -0.05) is 29.8 Å². The van der Waals surface area contributed by atoms with Crippen LogP contribution < -0.4 is 9.62 Å². The van der Waals surface area contributed by atoms with Crippen LogP contribution in [-0.2, 0) is 26.2 Å². The molecule has 3 aromatic carbocycles. The molecule has 208 valence electrons. The first-order valence-electron chi connectivity index (χ1n) is 12.4. The summed E-state index contributed by atoms with van der Waals surface area (Å²) in [6.07, 6.45) is 0. The molecule has 2 amide bonds. The number of nitrogens with zero attached hydrogens (tertiary/aromatic N) is 2. The molecule has 0 saturated heterocycles. The van der Waals surface area contributed by atoms with Gasteiger partial charge in [0.1, 0.15) is 24.2 Å². The van der Waals surface area contributed by atoms with Crippen LogP contribution in [-0.4, -0.2) is 43.3 Å². The van der Waals surface area contributed by atoms with E-state index in [-0.39, 0.29) is 17.1 Å². The third kappa shape index (κ3) is 7.86. The molecule has 1 atom stereocenters. The normalized spacial score (nSPS) is 12.5. The third-order valence-corrected chi connectivity index (χ3v) is 7.72. The summed E-state index contributed by atoms with van der Waals surface area (Å²) < 4.78 is 55.4. The van der Waals surface area contributed by atoms with Crippen LogP contribution in [0, 0.1) is 18.6 Å². The second-order valence-electron chi connectivity index (χ2n) is 10.4. The molecule has 0 aliphatic carbocycles. The zero-order valence-electron chi connectivity index (χ0n) is 22.6. The van der Waals surface area contributed by atoms with E-state index in [1.165, 1.54) is 29.2 Å². The molecule has 0 aromatic heterocycles. The number of hydrogen-bond acceptors (Lipinski definition) is 4. The third-order valence-electron chi connectivity index (χ3n) is 5.93. The standard InChI is InChI=1S/C29H33F2N3O4S/c1-20-6-14-25(15-7-20)34(39(37,38)26-16-12-24(31)13-17-26)19-27(35)33(18-22-8-10-23(30)11-9-22)21(2)28(36)32-29(3,4)5/h6-17,21H,18-19H2,1-5H3,(H,32,36). The number of anilines is 1. The molecule has 0 fully saturated rings. The van der Waals surface area contributed by atoms with Crippen molar-refractivity contribution < 1.29 is 26.8 Å². The van der Waals surface area contributed by atoms with Crippen molar-refractivity contribution in [2.45, 2.75) is 57.6 Å². The minimum atomic E-state index is -4.30. The van der Waals surface area contributed by atoms with Crippen molar-refractivity contribution in [2.24, 2.45) is 0 Å². The Morgan fingerprint density at radius 1 is 0.872 bits per heavy atom. The molecule has 1 unspecified atom stereocenters. The number of carbonyl (C=O) groups is 2. The molecule has 0 bridgehead atoms. The summed E-state index contributed by atoms with van der Waals surface area (Å²) >= 11 is 0. The number of sulfonamides is 1. The van der Waals surface area contributed by atoms with Gasteiger partial charge in [-0.05, 0) is 88.7 Å². The Morgan fingerprint density at radius 3 is 1.90 bits per heavy atom. The second kappa shape index (κ2) is 11.9. The van der Waals surface area contributed by atoms with Crippen molar-refractivity contribution in [1.82, 2.24) is 10.2 Å². The summed E-state index contributed by atoms with van der Waals surface area (Å²) in [6, 6.07) is 15.4. The summed E-state index contributed by atoms with van der Waals surface area (Å²) in [4.78, 5) is 27.9. The molecule has 0 radical (unpaired) electrons. The van der Waals surface area contributed by atoms with Crippen molar-refractivity contribution in [3.63, 3.8) is 0 Å². The summed E-state index contributed by atoms with van der Waals surface area (Å²) in [5.74, 6) is -2.13. The molecule has 0 heterocycles. The van der Waals surface area contributed by atoms with Gasteiger partial charge in [0.15, 0.2) is 0 Å². The highest BCUT2D eigenvalue weighted by atomic mass is 32.2. The number of benzene rings is 3. The molecule has 39 heavy (non-hydrogen) atoms. The second-order valence-corrected chi connectivity index (χ2v) is 12.2. The first kappa shape index (κ1) is 29.8. The summed E-state index contributed by atoms with van der Waals surface area (Å²) in [5, 5.41) is 2.84. The van der Waals surface area contributed by atoms with E-state index in [1.807, 2.05) is 6.92 Å². The Balaban J connectivity index is 2.02. The van der Waals surface area contributed by atoms with Gasteiger partial charge >= 0.3 is 0 Å². The summed E-state index contributed by atoms with van der Waals surface area (Å²) in [6.45, 7) is 8.11. The Labute approximate surface area is 228 Å². The minimum Gasteiger partial charge on any atom is -0.350 e. The highest BCUT2D eigenvalue weighted by Gasteiger charge is 2.33.